The molecule has 3 nitrogen and oxygen atoms in total. The molecule has 1 saturated heterocycles. The number of nitrogens with one attached hydrogen (secondary N) is 1. The van der Waals surface area contributed by atoms with E-state index >= 15 is 0 Å². The van der Waals surface area contributed by atoms with E-state index in [-0.39, 0.29) is 5.41 Å². The Morgan fingerprint density at radius 1 is 1.24 bits per heavy atom. The van der Waals surface area contributed by atoms with Crippen LogP contribution in [-0.2, 0) is 0 Å². The van der Waals surface area contributed by atoms with Crippen molar-refractivity contribution in [3.05, 3.63) is 24.3 Å². The fraction of sp³-hybridized carbons (Fsp3) is 0.667. The van der Waals surface area contributed by atoms with E-state index in [4.69, 9.17) is 4.74 Å². The van der Waals surface area contributed by atoms with Gasteiger partial charge in [-0.1, -0.05) is 27.7 Å². The largest absolute Gasteiger partial charge is 0.494 e. The molecule has 0 bridgehead atoms. The molecule has 1 heterocycles. The molecule has 2 atom stereocenters. The van der Waals surface area contributed by atoms with Crippen LogP contribution < -0.4 is 15.0 Å². The van der Waals surface area contributed by atoms with Crippen LogP contribution in [0.2, 0.25) is 0 Å². The minimum atomic E-state index is 0.280. The number of benzene rings is 1. The van der Waals surface area contributed by atoms with Crippen molar-refractivity contribution < 1.29 is 4.74 Å². The van der Waals surface area contributed by atoms with Crippen LogP contribution in [-0.4, -0.2) is 31.8 Å². The SMILES string of the molecule is CCCOc1ccc(N2CC(C(C)(C)C)NCC2C)cc1. The Bertz CT molecular complexity index is 436. The molecule has 1 N–H and O–H groups in total. The molecule has 21 heavy (non-hydrogen) atoms. The normalized spacial score (nSPS) is 23.2. The summed E-state index contributed by atoms with van der Waals surface area (Å²) in [5.74, 6) is 0.968. The molecule has 118 valence electrons. The van der Waals surface area contributed by atoms with E-state index in [9.17, 15) is 0 Å². The number of hydrogen-bond donors (Lipinski definition) is 1. The van der Waals surface area contributed by atoms with E-state index in [1.807, 2.05) is 0 Å². The molecule has 0 spiro atoms. The van der Waals surface area contributed by atoms with Gasteiger partial charge in [0.25, 0.3) is 0 Å². The first kappa shape index (κ1) is 16.2. The van der Waals surface area contributed by atoms with E-state index < -0.39 is 0 Å². The van der Waals surface area contributed by atoms with Crippen molar-refractivity contribution >= 4 is 5.69 Å². The number of rotatable bonds is 4. The van der Waals surface area contributed by atoms with Gasteiger partial charge in [0.15, 0.2) is 0 Å². The van der Waals surface area contributed by atoms with Crippen molar-refractivity contribution in [2.24, 2.45) is 5.41 Å². The van der Waals surface area contributed by atoms with Gasteiger partial charge >= 0.3 is 0 Å². The molecule has 2 rings (SSSR count). The van der Waals surface area contributed by atoms with Crippen molar-refractivity contribution in [3.8, 4) is 5.75 Å². The van der Waals surface area contributed by atoms with Crippen molar-refractivity contribution in [2.45, 2.75) is 53.1 Å². The molecule has 1 fully saturated rings. The lowest BCUT2D eigenvalue weighted by molar-refractivity contribution is 0.239. The van der Waals surface area contributed by atoms with Crippen LogP contribution in [0.4, 0.5) is 5.69 Å². The molecule has 0 aliphatic carbocycles. The van der Waals surface area contributed by atoms with Crippen LogP contribution in [0.3, 0.4) is 0 Å². The topological polar surface area (TPSA) is 24.5 Å². The summed E-state index contributed by atoms with van der Waals surface area (Å²) in [7, 11) is 0. The van der Waals surface area contributed by atoms with Gasteiger partial charge in [0.2, 0.25) is 0 Å². The van der Waals surface area contributed by atoms with Crippen LogP contribution in [0.15, 0.2) is 24.3 Å². The molecule has 0 amide bonds. The molecule has 3 heteroatoms. The van der Waals surface area contributed by atoms with Crippen molar-refractivity contribution in [2.75, 3.05) is 24.6 Å². The Hall–Kier alpha value is -1.22. The minimum Gasteiger partial charge on any atom is -0.494 e. The van der Waals surface area contributed by atoms with Gasteiger partial charge < -0.3 is 15.0 Å². The van der Waals surface area contributed by atoms with Gasteiger partial charge in [-0.3, -0.25) is 0 Å². The van der Waals surface area contributed by atoms with Crippen LogP contribution in [0, 0.1) is 5.41 Å². The number of anilines is 1. The highest BCUT2D eigenvalue weighted by atomic mass is 16.5. The van der Waals surface area contributed by atoms with Gasteiger partial charge in [0, 0.05) is 30.9 Å². The van der Waals surface area contributed by atoms with E-state index in [1.165, 1.54) is 5.69 Å². The Kier molecular flexibility index (Phi) is 5.15. The van der Waals surface area contributed by atoms with Crippen LogP contribution in [0.25, 0.3) is 0 Å². The second-order valence-corrected chi connectivity index (χ2v) is 7.17. The number of nitrogens with zero attached hydrogens (tertiary/aromatic N) is 1. The second-order valence-electron chi connectivity index (χ2n) is 7.17. The van der Waals surface area contributed by atoms with E-state index in [0.717, 1.165) is 31.9 Å². The number of ether oxygens (including phenoxy) is 1. The second kappa shape index (κ2) is 6.69. The molecule has 2 unspecified atom stereocenters. The van der Waals surface area contributed by atoms with Gasteiger partial charge in [-0.25, -0.2) is 0 Å². The van der Waals surface area contributed by atoms with Crippen LogP contribution in [0.1, 0.15) is 41.0 Å². The summed E-state index contributed by atoms with van der Waals surface area (Å²) in [4.78, 5) is 2.51. The van der Waals surface area contributed by atoms with Crippen molar-refractivity contribution in [3.63, 3.8) is 0 Å². The Balaban J connectivity index is 2.08. The molecule has 1 aliphatic heterocycles. The van der Waals surface area contributed by atoms with Crippen molar-refractivity contribution in [1.29, 1.82) is 0 Å². The van der Waals surface area contributed by atoms with Crippen molar-refractivity contribution in [1.82, 2.24) is 5.32 Å². The standard InChI is InChI=1S/C18H30N2O/c1-6-11-21-16-9-7-15(8-10-16)20-13-17(18(3,4)5)19-12-14(20)2/h7-10,14,17,19H,6,11-13H2,1-5H3. The zero-order valence-electron chi connectivity index (χ0n) is 14.1. The molecule has 1 aliphatic rings. The van der Waals surface area contributed by atoms with Crippen LogP contribution >= 0.6 is 0 Å². The lowest BCUT2D eigenvalue weighted by Gasteiger charge is -2.45. The Labute approximate surface area is 129 Å². The molecule has 0 aromatic heterocycles. The van der Waals surface area contributed by atoms with Gasteiger partial charge in [0.05, 0.1) is 6.61 Å². The Morgan fingerprint density at radius 3 is 2.48 bits per heavy atom. The monoisotopic (exact) mass is 290 g/mol. The summed E-state index contributed by atoms with van der Waals surface area (Å²) in [5, 5.41) is 3.68. The van der Waals surface area contributed by atoms with E-state index in [0.29, 0.717) is 12.1 Å². The smallest absolute Gasteiger partial charge is 0.119 e. The summed E-state index contributed by atoms with van der Waals surface area (Å²) in [6.45, 7) is 14.2. The highest BCUT2D eigenvalue weighted by molar-refractivity contribution is 5.50. The third-order valence-electron chi connectivity index (χ3n) is 4.26. The predicted octanol–water partition coefficient (Wildman–Crippen LogP) is 3.69. The summed E-state index contributed by atoms with van der Waals surface area (Å²) >= 11 is 0. The van der Waals surface area contributed by atoms with Crippen LogP contribution in [0.5, 0.6) is 5.75 Å². The maximum atomic E-state index is 5.67. The molecular formula is C18H30N2O. The summed E-state index contributed by atoms with van der Waals surface area (Å²) in [5.41, 5.74) is 1.57. The average Bonchev–Trinajstić information content (AvgIpc) is 2.45. The predicted molar refractivity (Wildman–Crippen MR) is 90.3 cm³/mol. The summed E-state index contributed by atoms with van der Waals surface area (Å²) < 4.78 is 5.67. The first-order valence-corrected chi connectivity index (χ1v) is 8.14. The van der Waals surface area contributed by atoms with Gasteiger partial charge in [-0.2, -0.15) is 0 Å². The quantitative estimate of drug-likeness (QED) is 0.915. The molecule has 0 radical (unpaired) electrons. The summed E-state index contributed by atoms with van der Waals surface area (Å²) in [6.07, 6.45) is 1.05. The number of hydrogen-bond acceptors (Lipinski definition) is 3. The third-order valence-corrected chi connectivity index (χ3v) is 4.26. The molecule has 1 aromatic carbocycles. The lowest BCUT2D eigenvalue weighted by Crippen LogP contribution is -2.59. The zero-order valence-corrected chi connectivity index (χ0v) is 14.1. The lowest BCUT2D eigenvalue weighted by atomic mass is 9.84. The third kappa shape index (κ3) is 4.13. The maximum Gasteiger partial charge on any atom is 0.119 e. The van der Waals surface area contributed by atoms with E-state index in [2.05, 4.69) is 69.1 Å². The highest BCUT2D eigenvalue weighted by Gasteiger charge is 2.32. The van der Waals surface area contributed by atoms with Gasteiger partial charge in [0.1, 0.15) is 5.75 Å². The first-order chi connectivity index (χ1) is 9.91. The fourth-order valence-electron chi connectivity index (χ4n) is 2.76. The number of piperazine rings is 1. The average molecular weight is 290 g/mol. The van der Waals surface area contributed by atoms with Gasteiger partial charge in [-0.05, 0) is 43.0 Å². The Morgan fingerprint density at radius 2 is 1.90 bits per heavy atom. The van der Waals surface area contributed by atoms with Gasteiger partial charge in [-0.15, -0.1) is 0 Å². The maximum absolute atomic E-state index is 5.67. The molecule has 1 aromatic rings. The minimum absolute atomic E-state index is 0.280. The fourth-order valence-corrected chi connectivity index (χ4v) is 2.76. The zero-order chi connectivity index (χ0) is 15.5. The molecule has 0 saturated carbocycles. The highest BCUT2D eigenvalue weighted by Crippen LogP contribution is 2.28. The first-order valence-electron chi connectivity index (χ1n) is 8.14. The van der Waals surface area contributed by atoms with E-state index in [1.54, 1.807) is 0 Å². The summed E-state index contributed by atoms with van der Waals surface area (Å²) in [6, 6.07) is 9.59. The molecular weight excluding hydrogens is 260 g/mol.